The molecule has 9 aromatic carbocycles. The van der Waals surface area contributed by atoms with Crippen molar-refractivity contribution in [1.82, 2.24) is 9.97 Å². The number of rotatable bonds is 4. The average Bonchev–Trinajstić information content (AvgIpc) is 3.46. The number of hydrogen-bond donors (Lipinski definition) is 0. The normalized spacial score (nSPS) is 13.1. The van der Waals surface area contributed by atoms with Gasteiger partial charge in [-0.3, -0.25) is 0 Å². The maximum atomic E-state index is 5.41. The van der Waals surface area contributed by atoms with Crippen LogP contribution in [-0.2, 0) is 5.41 Å². The van der Waals surface area contributed by atoms with E-state index >= 15 is 0 Å². The van der Waals surface area contributed by atoms with Gasteiger partial charge in [0.15, 0.2) is 5.82 Å². The molecule has 1 aromatic heterocycles. The Balaban J connectivity index is 1.14. The third-order valence-electron chi connectivity index (χ3n) is 11.9. The van der Waals surface area contributed by atoms with Crippen LogP contribution in [0.15, 0.2) is 182 Å². The van der Waals surface area contributed by atoms with Crippen LogP contribution >= 0.6 is 0 Å². The van der Waals surface area contributed by atoms with E-state index < -0.39 is 0 Å². The zero-order valence-electron chi connectivity index (χ0n) is 30.7. The molecule has 55 heavy (non-hydrogen) atoms. The van der Waals surface area contributed by atoms with Crippen molar-refractivity contribution in [3.8, 4) is 56.2 Å². The zero-order valence-corrected chi connectivity index (χ0v) is 30.7. The molecule has 1 aliphatic carbocycles. The molecular formula is C53H36N2. The standard InChI is InChI=1S/C53H36N2/c1-53(2)48-31-36-17-4-3-16-35(36)30-47(48)45-26-13-25-44(51(45)53)41-28-29-43(40-23-10-9-22-39(40)41)50-32-49(42-24-11-18-33-14-5-7-20-37(33)42)54-52(55-50)46-27-12-19-34-15-6-8-21-38(34)46/h3-32H,1-2H3. The first-order valence-corrected chi connectivity index (χ1v) is 19.1. The second kappa shape index (κ2) is 12.1. The number of benzene rings is 9. The first-order chi connectivity index (χ1) is 27.0. The Bertz CT molecular complexity index is 3080. The van der Waals surface area contributed by atoms with E-state index in [4.69, 9.17) is 9.97 Å². The molecule has 0 saturated carbocycles. The fourth-order valence-electron chi connectivity index (χ4n) is 9.26. The van der Waals surface area contributed by atoms with E-state index in [1.807, 2.05) is 0 Å². The molecule has 2 heteroatoms. The van der Waals surface area contributed by atoms with Gasteiger partial charge in [-0.2, -0.15) is 0 Å². The molecule has 0 bridgehead atoms. The summed E-state index contributed by atoms with van der Waals surface area (Å²) in [6.07, 6.45) is 0. The Morgan fingerprint density at radius 3 is 1.44 bits per heavy atom. The fraction of sp³-hybridized carbons (Fsp3) is 0.0566. The van der Waals surface area contributed by atoms with Crippen LogP contribution in [0.4, 0.5) is 0 Å². The largest absolute Gasteiger partial charge is 0.228 e. The van der Waals surface area contributed by atoms with Crippen molar-refractivity contribution in [3.63, 3.8) is 0 Å². The Morgan fingerprint density at radius 2 is 0.764 bits per heavy atom. The Labute approximate surface area is 320 Å². The van der Waals surface area contributed by atoms with Gasteiger partial charge in [0, 0.05) is 22.1 Å². The third kappa shape index (κ3) is 4.88. The van der Waals surface area contributed by atoms with Gasteiger partial charge in [0.05, 0.1) is 11.4 Å². The molecule has 0 unspecified atom stereocenters. The predicted octanol–water partition coefficient (Wildman–Crippen LogP) is 14.1. The van der Waals surface area contributed by atoms with Crippen molar-refractivity contribution in [2.24, 2.45) is 0 Å². The Hall–Kier alpha value is -6.90. The molecule has 0 N–H and O–H groups in total. The maximum Gasteiger partial charge on any atom is 0.161 e. The number of hydrogen-bond acceptors (Lipinski definition) is 2. The summed E-state index contributed by atoms with van der Waals surface area (Å²) in [6.45, 7) is 4.77. The maximum absolute atomic E-state index is 5.41. The van der Waals surface area contributed by atoms with Gasteiger partial charge in [-0.05, 0) is 94.7 Å². The molecule has 258 valence electrons. The van der Waals surface area contributed by atoms with Crippen LogP contribution in [0, 0.1) is 0 Å². The zero-order chi connectivity index (χ0) is 36.7. The van der Waals surface area contributed by atoms with E-state index in [1.54, 1.807) is 0 Å². The molecule has 0 atom stereocenters. The van der Waals surface area contributed by atoms with Gasteiger partial charge in [0.25, 0.3) is 0 Å². The van der Waals surface area contributed by atoms with Crippen molar-refractivity contribution in [3.05, 3.63) is 193 Å². The topological polar surface area (TPSA) is 25.8 Å². The minimum absolute atomic E-state index is 0.168. The first-order valence-electron chi connectivity index (χ1n) is 19.1. The quantitative estimate of drug-likeness (QED) is 0.183. The molecule has 2 nitrogen and oxygen atoms in total. The Morgan fingerprint density at radius 1 is 0.327 bits per heavy atom. The first kappa shape index (κ1) is 31.6. The van der Waals surface area contributed by atoms with Gasteiger partial charge in [-0.25, -0.2) is 9.97 Å². The van der Waals surface area contributed by atoms with Crippen molar-refractivity contribution >= 4 is 43.1 Å². The lowest BCUT2D eigenvalue weighted by molar-refractivity contribution is 0.663. The van der Waals surface area contributed by atoms with E-state index in [2.05, 4.69) is 196 Å². The van der Waals surface area contributed by atoms with Crippen molar-refractivity contribution < 1.29 is 0 Å². The van der Waals surface area contributed by atoms with Gasteiger partial charge < -0.3 is 0 Å². The highest BCUT2D eigenvalue weighted by Gasteiger charge is 2.38. The number of aromatic nitrogens is 2. The van der Waals surface area contributed by atoms with Crippen LogP contribution in [0.3, 0.4) is 0 Å². The molecule has 1 aliphatic rings. The molecule has 0 fully saturated rings. The van der Waals surface area contributed by atoms with Crippen molar-refractivity contribution in [2.45, 2.75) is 19.3 Å². The fourth-order valence-corrected chi connectivity index (χ4v) is 9.26. The van der Waals surface area contributed by atoms with Crippen molar-refractivity contribution in [2.75, 3.05) is 0 Å². The smallest absolute Gasteiger partial charge is 0.161 e. The molecular weight excluding hydrogens is 665 g/mol. The minimum Gasteiger partial charge on any atom is -0.228 e. The summed E-state index contributed by atoms with van der Waals surface area (Å²) < 4.78 is 0. The number of fused-ring (bicyclic) bond motifs is 7. The Kier molecular flexibility index (Phi) is 6.93. The highest BCUT2D eigenvalue weighted by atomic mass is 14.9. The summed E-state index contributed by atoms with van der Waals surface area (Å²) in [5, 5.41) is 9.62. The van der Waals surface area contributed by atoms with Crippen molar-refractivity contribution in [1.29, 1.82) is 0 Å². The third-order valence-corrected chi connectivity index (χ3v) is 11.9. The van der Waals surface area contributed by atoms with Crippen LogP contribution in [0.1, 0.15) is 25.0 Å². The van der Waals surface area contributed by atoms with Gasteiger partial charge in [-0.15, -0.1) is 0 Å². The van der Waals surface area contributed by atoms with E-state index in [0.717, 1.165) is 39.3 Å². The van der Waals surface area contributed by atoms with Crippen LogP contribution in [0.25, 0.3) is 99.2 Å². The van der Waals surface area contributed by atoms with E-state index in [-0.39, 0.29) is 5.41 Å². The van der Waals surface area contributed by atoms with Gasteiger partial charge >= 0.3 is 0 Å². The average molecular weight is 701 g/mol. The van der Waals surface area contributed by atoms with E-state index in [0.29, 0.717) is 0 Å². The lowest BCUT2D eigenvalue weighted by Gasteiger charge is -2.25. The van der Waals surface area contributed by atoms with Crippen LogP contribution in [0.5, 0.6) is 0 Å². The summed E-state index contributed by atoms with van der Waals surface area (Å²) in [6, 6.07) is 65.9. The summed E-state index contributed by atoms with van der Waals surface area (Å²) in [4.78, 5) is 10.7. The van der Waals surface area contributed by atoms with Gasteiger partial charge in [0.1, 0.15) is 0 Å². The summed E-state index contributed by atoms with van der Waals surface area (Å²) in [7, 11) is 0. The highest BCUT2D eigenvalue weighted by molar-refractivity contribution is 6.07. The molecule has 0 aliphatic heterocycles. The van der Waals surface area contributed by atoms with E-state index in [1.165, 1.54) is 71.1 Å². The summed E-state index contributed by atoms with van der Waals surface area (Å²) in [5.41, 5.74) is 12.8. The van der Waals surface area contributed by atoms with Crippen LogP contribution < -0.4 is 0 Å². The second-order valence-corrected chi connectivity index (χ2v) is 15.3. The summed E-state index contributed by atoms with van der Waals surface area (Å²) in [5.74, 6) is 0.721. The highest BCUT2D eigenvalue weighted by Crippen LogP contribution is 2.54. The second-order valence-electron chi connectivity index (χ2n) is 15.3. The van der Waals surface area contributed by atoms with Crippen LogP contribution in [-0.4, -0.2) is 9.97 Å². The molecule has 10 aromatic rings. The lowest BCUT2D eigenvalue weighted by Crippen LogP contribution is -2.16. The monoisotopic (exact) mass is 700 g/mol. The molecule has 0 radical (unpaired) electrons. The molecule has 0 amide bonds. The molecule has 1 heterocycles. The molecule has 11 rings (SSSR count). The minimum atomic E-state index is -0.168. The SMILES string of the molecule is CC1(C)c2cc3ccccc3cc2-c2cccc(-c3ccc(-c4cc(-c5cccc6ccccc56)nc(-c5cccc6ccccc56)n4)c4ccccc34)c21. The number of nitrogens with zero attached hydrogens (tertiary/aromatic N) is 2. The van der Waals surface area contributed by atoms with Crippen LogP contribution in [0.2, 0.25) is 0 Å². The molecule has 0 spiro atoms. The summed E-state index contributed by atoms with van der Waals surface area (Å²) >= 11 is 0. The lowest BCUT2D eigenvalue weighted by atomic mass is 9.78. The van der Waals surface area contributed by atoms with E-state index in [9.17, 15) is 0 Å². The molecule has 0 saturated heterocycles. The van der Waals surface area contributed by atoms with Gasteiger partial charge in [-0.1, -0.05) is 178 Å². The predicted molar refractivity (Wildman–Crippen MR) is 231 cm³/mol. The van der Waals surface area contributed by atoms with Gasteiger partial charge in [0.2, 0.25) is 0 Å².